The Bertz CT molecular complexity index is 1580. The number of anilines is 1. The molecule has 3 heterocycles. The van der Waals surface area contributed by atoms with Crippen LogP contribution in [0.5, 0.6) is 5.75 Å². The normalized spacial score (nSPS) is 23.9. The van der Waals surface area contributed by atoms with E-state index in [1.54, 1.807) is 18.2 Å². The maximum atomic E-state index is 14.4. The molecule has 42 heavy (non-hydrogen) atoms. The van der Waals surface area contributed by atoms with Crippen molar-refractivity contribution in [3.05, 3.63) is 91.0 Å². The van der Waals surface area contributed by atoms with Crippen molar-refractivity contribution >= 4 is 69.2 Å². The summed E-state index contributed by atoms with van der Waals surface area (Å²) in [5, 5.41) is 7.32. The lowest BCUT2D eigenvalue weighted by atomic mass is 9.59. The number of nitrogens with one attached hydrogen (secondary N) is 2. The number of fused-ring (bicyclic) bond motifs is 2. The molecule has 7 nitrogen and oxygen atoms in total. The Morgan fingerprint density at radius 1 is 1.05 bits per heavy atom. The predicted octanol–water partition coefficient (Wildman–Crippen LogP) is 6.61. The minimum Gasteiger partial charge on any atom is -0.490 e. The first-order valence-electron chi connectivity index (χ1n) is 14.1. The fourth-order valence-electron chi connectivity index (χ4n) is 6.75. The number of ether oxygens (including phenoxy) is 1. The zero-order valence-electron chi connectivity index (χ0n) is 23.0. The van der Waals surface area contributed by atoms with E-state index in [-0.39, 0.29) is 30.2 Å². The predicted molar refractivity (Wildman–Crippen MR) is 171 cm³/mol. The highest BCUT2D eigenvalue weighted by atomic mass is 127. The van der Waals surface area contributed by atoms with E-state index < -0.39 is 17.4 Å². The highest BCUT2D eigenvalue weighted by molar-refractivity contribution is 14.1. The molecular weight excluding hydrogens is 688 g/mol. The van der Waals surface area contributed by atoms with Crippen LogP contribution in [0.1, 0.15) is 61.3 Å². The molecule has 3 aliphatic rings. The minimum atomic E-state index is -1.20. The molecule has 3 amide bonds. The summed E-state index contributed by atoms with van der Waals surface area (Å²) >= 11 is 15.0. The molecule has 3 atom stereocenters. The van der Waals surface area contributed by atoms with E-state index in [9.17, 15) is 14.4 Å². The second kappa shape index (κ2) is 11.7. The van der Waals surface area contributed by atoms with Gasteiger partial charge in [-0.15, -0.1) is 0 Å². The molecule has 3 aromatic carbocycles. The summed E-state index contributed by atoms with van der Waals surface area (Å²) in [5.74, 6) is -0.130. The zero-order valence-corrected chi connectivity index (χ0v) is 26.6. The van der Waals surface area contributed by atoms with E-state index in [0.717, 1.165) is 20.3 Å². The Hall–Kier alpha value is -2.82. The van der Waals surface area contributed by atoms with E-state index in [0.29, 0.717) is 53.8 Å². The fourth-order valence-corrected chi connectivity index (χ4v) is 7.63. The van der Waals surface area contributed by atoms with Crippen LogP contribution >= 0.6 is 45.8 Å². The van der Waals surface area contributed by atoms with E-state index in [2.05, 4.69) is 33.2 Å². The first kappa shape index (κ1) is 29.3. The molecule has 218 valence electrons. The van der Waals surface area contributed by atoms with Crippen molar-refractivity contribution in [2.24, 2.45) is 0 Å². The maximum absolute atomic E-state index is 14.4. The van der Waals surface area contributed by atoms with Gasteiger partial charge in [0.25, 0.3) is 0 Å². The zero-order chi connectivity index (χ0) is 29.6. The van der Waals surface area contributed by atoms with Crippen molar-refractivity contribution < 1.29 is 19.1 Å². The number of carbonyl (C=O) groups excluding carboxylic acids is 3. The first-order chi connectivity index (χ1) is 20.2. The second-order valence-electron chi connectivity index (χ2n) is 11.1. The molecule has 0 saturated carbocycles. The average Bonchev–Trinajstić information content (AvgIpc) is 3.25. The second-order valence-corrected chi connectivity index (χ2v) is 13.2. The van der Waals surface area contributed by atoms with E-state index in [1.165, 1.54) is 0 Å². The SMILES string of the molecule is CCC(=O)N1CCC(Oc2ccc(I)cc2[C@H]2NC(=O)C[C@@H](c3cccc(Cl)c3)[C@]23C(=O)Nc2cc(Cl)ccc23)CC1. The van der Waals surface area contributed by atoms with Crippen molar-refractivity contribution in [3.63, 3.8) is 0 Å². The summed E-state index contributed by atoms with van der Waals surface area (Å²) in [6.45, 7) is 3.14. The monoisotopic (exact) mass is 717 g/mol. The van der Waals surface area contributed by atoms with Crippen LogP contribution in [0, 0.1) is 3.57 Å². The minimum absolute atomic E-state index is 0.104. The van der Waals surface area contributed by atoms with Gasteiger partial charge in [0, 0.05) is 69.6 Å². The van der Waals surface area contributed by atoms with Gasteiger partial charge in [0.05, 0.1) is 6.04 Å². The Morgan fingerprint density at radius 2 is 1.81 bits per heavy atom. The molecule has 0 radical (unpaired) electrons. The van der Waals surface area contributed by atoms with Crippen LogP contribution in [-0.4, -0.2) is 41.8 Å². The lowest BCUT2D eigenvalue weighted by molar-refractivity contribution is -0.133. The Balaban J connectivity index is 1.47. The third-order valence-electron chi connectivity index (χ3n) is 8.68. The number of likely N-dealkylation sites (tertiary alicyclic amines) is 1. The van der Waals surface area contributed by atoms with E-state index >= 15 is 0 Å². The average molecular weight is 718 g/mol. The molecular formula is C32H30Cl2IN3O4. The van der Waals surface area contributed by atoms with Crippen molar-refractivity contribution in [2.45, 2.75) is 56.1 Å². The third kappa shape index (κ3) is 5.15. The van der Waals surface area contributed by atoms with Crippen LogP contribution in [0.2, 0.25) is 10.0 Å². The van der Waals surface area contributed by atoms with Crippen LogP contribution in [0.15, 0.2) is 60.7 Å². The van der Waals surface area contributed by atoms with Gasteiger partial charge in [-0.3, -0.25) is 14.4 Å². The summed E-state index contributed by atoms with van der Waals surface area (Å²) in [5.41, 5.74) is 1.73. The first-order valence-corrected chi connectivity index (χ1v) is 15.9. The summed E-state index contributed by atoms with van der Waals surface area (Å²) in [7, 11) is 0. The Labute approximate surface area is 268 Å². The van der Waals surface area contributed by atoms with Crippen molar-refractivity contribution in [2.75, 3.05) is 18.4 Å². The largest absolute Gasteiger partial charge is 0.490 e. The highest BCUT2D eigenvalue weighted by Gasteiger charge is 2.61. The quantitative estimate of drug-likeness (QED) is 0.291. The topological polar surface area (TPSA) is 87.7 Å². The van der Waals surface area contributed by atoms with Gasteiger partial charge in [0.15, 0.2) is 0 Å². The van der Waals surface area contributed by atoms with Crippen molar-refractivity contribution in [1.29, 1.82) is 0 Å². The number of benzene rings is 3. The Morgan fingerprint density at radius 3 is 2.55 bits per heavy atom. The molecule has 2 saturated heterocycles. The number of carbonyl (C=O) groups is 3. The molecule has 3 aromatic rings. The fraction of sp³-hybridized carbons (Fsp3) is 0.344. The molecule has 2 N–H and O–H groups in total. The highest BCUT2D eigenvalue weighted by Crippen LogP contribution is 2.58. The van der Waals surface area contributed by atoms with Gasteiger partial charge in [0.1, 0.15) is 17.3 Å². The molecule has 2 fully saturated rings. The van der Waals surface area contributed by atoms with Gasteiger partial charge in [0.2, 0.25) is 17.7 Å². The molecule has 0 aliphatic carbocycles. The summed E-state index contributed by atoms with van der Waals surface area (Å²) in [4.78, 5) is 41.9. The Kier molecular flexibility index (Phi) is 8.15. The number of piperidine rings is 2. The van der Waals surface area contributed by atoms with Gasteiger partial charge in [-0.2, -0.15) is 0 Å². The maximum Gasteiger partial charge on any atom is 0.238 e. The summed E-state index contributed by atoms with van der Waals surface area (Å²) in [6.07, 6.45) is 1.89. The molecule has 0 bridgehead atoms. The van der Waals surface area contributed by atoms with Crippen LogP contribution < -0.4 is 15.4 Å². The van der Waals surface area contributed by atoms with Gasteiger partial charge in [-0.1, -0.05) is 48.3 Å². The summed E-state index contributed by atoms with van der Waals surface area (Å²) < 4.78 is 7.58. The summed E-state index contributed by atoms with van der Waals surface area (Å²) in [6, 6.07) is 17.9. The van der Waals surface area contributed by atoms with Crippen LogP contribution in [0.4, 0.5) is 5.69 Å². The lowest BCUT2D eigenvalue weighted by Crippen LogP contribution is -2.57. The van der Waals surface area contributed by atoms with Crippen LogP contribution in [-0.2, 0) is 19.8 Å². The smallest absolute Gasteiger partial charge is 0.238 e. The lowest BCUT2D eigenvalue weighted by Gasteiger charge is -2.47. The number of hydrogen-bond acceptors (Lipinski definition) is 4. The number of rotatable bonds is 5. The van der Waals surface area contributed by atoms with Gasteiger partial charge in [-0.25, -0.2) is 0 Å². The molecule has 10 heteroatoms. The standard InChI is InChI=1S/C32H30Cl2IN3O4/c1-2-29(40)38-12-10-22(11-13-38)42-27-9-7-21(35)16-23(27)30-32(24-8-6-20(34)15-26(24)36-31(32)41)25(17-28(39)37-30)18-4-3-5-19(33)14-18/h3-9,14-16,22,25,30H,2,10-13,17H2,1H3,(H,36,41)(H,37,39)/t25-,30+,32-/m0/s1. The number of nitrogens with zero attached hydrogens (tertiary/aromatic N) is 1. The molecule has 1 spiro atoms. The molecule has 0 aromatic heterocycles. The van der Waals surface area contributed by atoms with Crippen LogP contribution in [0.3, 0.4) is 0 Å². The van der Waals surface area contributed by atoms with Gasteiger partial charge >= 0.3 is 0 Å². The van der Waals surface area contributed by atoms with Crippen molar-refractivity contribution in [3.8, 4) is 5.75 Å². The third-order valence-corrected chi connectivity index (χ3v) is 9.82. The van der Waals surface area contributed by atoms with E-state index in [1.807, 2.05) is 54.3 Å². The van der Waals surface area contributed by atoms with Gasteiger partial charge < -0.3 is 20.3 Å². The van der Waals surface area contributed by atoms with E-state index in [4.69, 9.17) is 27.9 Å². The number of halogens is 3. The molecule has 0 unspecified atom stereocenters. The number of amides is 3. The molecule has 6 rings (SSSR count). The number of hydrogen-bond donors (Lipinski definition) is 2. The van der Waals surface area contributed by atoms with Crippen LogP contribution in [0.25, 0.3) is 0 Å². The van der Waals surface area contributed by atoms with Gasteiger partial charge in [-0.05, 0) is 76.2 Å². The molecule has 3 aliphatic heterocycles. The van der Waals surface area contributed by atoms with Crippen molar-refractivity contribution in [1.82, 2.24) is 10.2 Å².